The van der Waals surface area contributed by atoms with Crippen LogP contribution in [0.2, 0.25) is 0 Å². The highest BCUT2D eigenvalue weighted by Gasteiger charge is 2.44. The van der Waals surface area contributed by atoms with Crippen molar-refractivity contribution in [1.82, 2.24) is 19.6 Å². The summed E-state index contributed by atoms with van der Waals surface area (Å²) in [6.07, 6.45) is -2.45. The molecule has 3 heterocycles. The monoisotopic (exact) mass is 550 g/mol. The number of carbonyl (C=O) groups excluding carboxylic acids is 2. The van der Waals surface area contributed by atoms with E-state index in [0.717, 1.165) is 16.6 Å². The van der Waals surface area contributed by atoms with Crippen molar-refractivity contribution < 1.29 is 31.9 Å². The number of carbonyl (C=O) groups is 2. The van der Waals surface area contributed by atoms with Crippen LogP contribution in [0, 0.1) is 24.6 Å². The third-order valence-electron chi connectivity index (χ3n) is 5.86. The summed E-state index contributed by atoms with van der Waals surface area (Å²) in [5.41, 5.74) is 3.12. The van der Waals surface area contributed by atoms with Crippen molar-refractivity contribution >= 4 is 29.2 Å². The van der Waals surface area contributed by atoms with Crippen molar-refractivity contribution in [2.75, 3.05) is 5.32 Å². The smallest absolute Gasteiger partial charge is 0.403 e. The van der Waals surface area contributed by atoms with Crippen molar-refractivity contribution in [2.24, 2.45) is 5.10 Å². The lowest BCUT2D eigenvalue weighted by Gasteiger charge is -2.22. The maximum atomic E-state index is 13.9. The molecule has 0 unspecified atom stereocenters. The van der Waals surface area contributed by atoms with Gasteiger partial charge in [0.2, 0.25) is 5.90 Å². The number of esters is 1. The molecule has 1 N–H and O–H groups in total. The number of aryl methyl sites for hydroxylation is 1. The average Bonchev–Trinajstić information content (AvgIpc) is 3.53. The number of halogens is 4. The number of benzene rings is 2. The molecule has 4 aromatic rings. The number of aromatic nitrogens is 3. The number of rotatable bonds is 2. The molecule has 5 rings (SSSR count). The summed E-state index contributed by atoms with van der Waals surface area (Å²) < 4.78 is 58.0. The van der Waals surface area contributed by atoms with Gasteiger partial charge in [-0.05, 0) is 60.4 Å². The highest BCUT2D eigenvalue weighted by molar-refractivity contribution is 5.96. The number of alkyl halides is 3. The molecule has 1 aliphatic heterocycles. The molecule has 0 spiro atoms. The maximum absolute atomic E-state index is 13.9. The molecule has 0 saturated carbocycles. The molecular weight excluding hydrogens is 532 g/mol. The summed E-state index contributed by atoms with van der Waals surface area (Å²) in [6, 6.07) is 11.7. The van der Waals surface area contributed by atoms with Crippen LogP contribution in [0.15, 0.2) is 72.1 Å². The lowest BCUT2D eigenvalue weighted by Crippen LogP contribution is -2.31. The van der Waals surface area contributed by atoms with Gasteiger partial charge in [0.15, 0.2) is 5.65 Å². The van der Waals surface area contributed by atoms with Crippen molar-refractivity contribution in [2.45, 2.75) is 25.6 Å². The number of hydrazone groups is 1. The quantitative estimate of drug-likeness (QED) is 0.216. The molecule has 1 atom stereocenters. The number of anilines is 1. The molecule has 2 aromatic heterocycles. The van der Waals surface area contributed by atoms with Crippen LogP contribution in [0.4, 0.5) is 28.0 Å². The van der Waals surface area contributed by atoms with Gasteiger partial charge in [0.25, 0.3) is 0 Å². The van der Waals surface area contributed by atoms with E-state index >= 15 is 0 Å². The first-order valence-electron chi connectivity index (χ1n) is 11.7. The van der Waals surface area contributed by atoms with Gasteiger partial charge < -0.3 is 10.1 Å². The molecule has 0 saturated heterocycles. The molecule has 1 aliphatic rings. The van der Waals surface area contributed by atoms with Crippen LogP contribution < -0.4 is 5.32 Å². The van der Waals surface area contributed by atoms with Gasteiger partial charge in [-0.1, -0.05) is 24.1 Å². The zero-order valence-electron chi connectivity index (χ0n) is 20.6. The van der Waals surface area contributed by atoms with E-state index in [4.69, 9.17) is 0 Å². The van der Waals surface area contributed by atoms with Crippen LogP contribution in [-0.4, -0.2) is 43.7 Å². The average molecular weight is 550 g/mol. The van der Waals surface area contributed by atoms with Gasteiger partial charge >= 0.3 is 18.2 Å². The van der Waals surface area contributed by atoms with E-state index in [1.54, 1.807) is 47.2 Å². The predicted molar refractivity (Wildman–Crippen MR) is 134 cm³/mol. The molecule has 0 bridgehead atoms. The molecule has 2 aromatic carbocycles. The number of nitrogens with zero attached hydrogens (tertiary/aromatic N) is 5. The molecule has 9 nitrogen and oxygen atoms in total. The highest BCUT2D eigenvalue weighted by Crippen LogP contribution is 2.33. The van der Waals surface area contributed by atoms with E-state index in [0.29, 0.717) is 22.6 Å². The van der Waals surface area contributed by atoms with Gasteiger partial charge in [-0.15, -0.1) is 5.10 Å². The Balaban J connectivity index is 1.40. The summed E-state index contributed by atoms with van der Waals surface area (Å²) in [4.78, 5) is 28.8. The summed E-state index contributed by atoms with van der Waals surface area (Å²) in [7, 11) is 0. The normalized spacial score (nSPS) is 14.9. The summed E-state index contributed by atoms with van der Waals surface area (Å²) in [5, 5.41) is 11.4. The fraction of sp³-hybridized carbons (Fsp3) is 0.148. The van der Waals surface area contributed by atoms with Gasteiger partial charge in [-0.25, -0.2) is 28.5 Å². The minimum atomic E-state index is -5.26. The van der Waals surface area contributed by atoms with Crippen LogP contribution >= 0.6 is 0 Å². The van der Waals surface area contributed by atoms with Crippen LogP contribution in [0.1, 0.15) is 34.8 Å². The second-order valence-electron chi connectivity index (χ2n) is 8.65. The lowest BCUT2D eigenvalue weighted by atomic mass is 10.0. The molecule has 2 amide bonds. The molecule has 13 heteroatoms. The fourth-order valence-corrected chi connectivity index (χ4v) is 3.93. The Morgan fingerprint density at radius 2 is 1.93 bits per heavy atom. The molecular formula is C27H18F4N6O3. The number of nitrogens with one attached hydrogen (secondary N) is 1. The van der Waals surface area contributed by atoms with Crippen molar-refractivity contribution in [3.8, 4) is 11.8 Å². The van der Waals surface area contributed by atoms with E-state index in [2.05, 4.69) is 37.1 Å². The first-order valence-corrected chi connectivity index (χ1v) is 11.7. The Morgan fingerprint density at radius 1 is 1.10 bits per heavy atom. The highest BCUT2D eigenvalue weighted by atomic mass is 19.4. The van der Waals surface area contributed by atoms with E-state index in [1.807, 2.05) is 6.92 Å². The van der Waals surface area contributed by atoms with Crippen molar-refractivity contribution in [3.05, 3.63) is 95.2 Å². The largest absolute Gasteiger partial charge is 0.491 e. The van der Waals surface area contributed by atoms with Crippen LogP contribution in [-0.2, 0) is 9.53 Å². The third kappa shape index (κ3) is 5.60. The van der Waals surface area contributed by atoms with Gasteiger partial charge in [-0.2, -0.15) is 18.3 Å². The van der Waals surface area contributed by atoms with Gasteiger partial charge in [0, 0.05) is 17.4 Å². The number of urea groups is 1. The number of amides is 2. The topological polar surface area (TPSA) is 101 Å². The van der Waals surface area contributed by atoms with E-state index in [1.165, 1.54) is 18.2 Å². The SMILES string of the molecule is Cc1ccc(NC(=O)N2N=C(OC(=O)C(F)(F)F)C[C@H]2c2cccc(F)c2)cc1C#Cc1cnc2cccnn12. The zero-order chi connectivity index (χ0) is 28.4. The summed E-state index contributed by atoms with van der Waals surface area (Å²) >= 11 is 0. The Bertz CT molecular complexity index is 1720. The number of hydrogen-bond donors (Lipinski definition) is 1. The second-order valence-corrected chi connectivity index (χ2v) is 8.65. The second kappa shape index (κ2) is 10.5. The summed E-state index contributed by atoms with van der Waals surface area (Å²) in [6.45, 7) is 1.83. The standard InChI is InChI=1S/C27H18F4N6O3/c1-16-7-9-20(13-17(16)8-10-21-15-32-23-6-3-11-33-36(21)23)34-26(39)37-22(18-4-2-5-19(28)12-18)14-24(35-37)40-25(38)27(29,30)31/h2-7,9,11-13,15,22H,14H2,1H3,(H,34,39)/t22-/m0/s1. The van der Waals surface area contributed by atoms with Gasteiger partial charge in [0.1, 0.15) is 11.5 Å². The minimum Gasteiger partial charge on any atom is -0.403 e. The van der Waals surface area contributed by atoms with E-state index in [-0.39, 0.29) is 12.0 Å². The summed E-state index contributed by atoms with van der Waals surface area (Å²) in [5.74, 6) is 2.29. The number of fused-ring (bicyclic) bond motifs is 1. The Hall–Kier alpha value is -5.25. The molecule has 40 heavy (non-hydrogen) atoms. The third-order valence-corrected chi connectivity index (χ3v) is 5.86. The first-order chi connectivity index (χ1) is 19.1. The minimum absolute atomic E-state index is 0.245. The van der Waals surface area contributed by atoms with Crippen LogP contribution in [0.5, 0.6) is 0 Å². The predicted octanol–water partition coefficient (Wildman–Crippen LogP) is 4.97. The van der Waals surface area contributed by atoms with Crippen molar-refractivity contribution in [3.63, 3.8) is 0 Å². The van der Waals surface area contributed by atoms with Crippen LogP contribution in [0.25, 0.3) is 5.65 Å². The molecule has 0 fully saturated rings. The maximum Gasteiger partial charge on any atom is 0.491 e. The number of imidazole rings is 1. The lowest BCUT2D eigenvalue weighted by molar-refractivity contribution is -0.191. The Kier molecular flexibility index (Phi) is 6.91. The molecule has 0 radical (unpaired) electrons. The van der Waals surface area contributed by atoms with Crippen LogP contribution in [0.3, 0.4) is 0 Å². The Morgan fingerprint density at radius 3 is 2.70 bits per heavy atom. The number of ether oxygens (including phenoxy) is 1. The van der Waals surface area contributed by atoms with E-state index < -0.39 is 35.9 Å². The van der Waals surface area contributed by atoms with Crippen molar-refractivity contribution in [1.29, 1.82) is 0 Å². The van der Waals surface area contributed by atoms with Gasteiger partial charge in [-0.3, -0.25) is 0 Å². The Labute approximate surface area is 224 Å². The zero-order valence-corrected chi connectivity index (χ0v) is 20.6. The fourth-order valence-electron chi connectivity index (χ4n) is 3.93. The van der Waals surface area contributed by atoms with E-state index in [9.17, 15) is 27.2 Å². The molecule has 202 valence electrons. The number of hydrogen-bond acceptors (Lipinski definition) is 6. The van der Waals surface area contributed by atoms with Gasteiger partial charge in [0.05, 0.1) is 18.7 Å². The first kappa shape index (κ1) is 26.4. The molecule has 0 aliphatic carbocycles.